The number of alkyl halides is 3. The van der Waals surface area contributed by atoms with Crippen LogP contribution in [0, 0.1) is 11.6 Å². The van der Waals surface area contributed by atoms with Crippen molar-refractivity contribution in [3.8, 4) is 17.0 Å². The molecule has 0 bridgehead atoms. The highest BCUT2D eigenvalue weighted by atomic mass is 35.5. The van der Waals surface area contributed by atoms with E-state index >= 15 is 0 Å². The number of halogens is 6. The summed E-state index contributed by atoms with van der Waals surface area (Å²) < 4.78 is 77.7. The van der Waals surface area contributed by atoms with Crippen molar-refractivity contribution in [2.24, 2.45) is 5.73 Å². The molecule has 3 aromatic rings. The molecule has 4 amide bonds. The molecule has 2 aromatic carbocycles. The van der Waals surface area contributed by atoms with E-state index in [1.807, 2.05) is 5.32 Å². The number of pyridine rings is 1. The van der Waals surface area contributed by atoms with Crippen LogP contribution in [-0.2, 0) is 15.8 Å². The monoisotopic (exact) mass is 653 g/mol. The minimum absolute atomic E-state index is 0.00107. The first-order chi connectivity index (χ1) is 21.0. The van der Waals surface area contributed by atoms with Gasteiger partial charge in [0.1, 0.15) is 35.1 Å². The van der Waals surface area contributed by atoms with E-state index in [1.54, 1.807) is 0 Å². The van der Waals surface area contributed by atoms with Crippen LogP contribution in [0.3, 0.4) is 0 Å². The molecule has 1 aromatic heterocycles. The van der Waals surface area contributed by atoms with E-state index in [4.69, 9.17) is 22.1 Å². The van der Waals surface area contributed by atoms with Crippen molar-refractivity contribution in [2.75, 3.05) is 18.5 Å². The number of nitrogens with two attached hydrogens (primary N) is 1. The first kappa shape index (κ1) is 31.9. The summed E-state index contributed by atoms with van der Waals surface area (Å²) in [4.78, 5) is 41.4. The Morgan fingerprint density at radius 3 is 2.42 bits per heavy atom. The predicted octanol–water partition coefficient (Wildman–Crippen LogP) is 4.28. The molecule has 45 heavy (non-hydrogen) atoms. The quantitative estimate of drug-likeness (QED) is 0.229. The number of aliphatic hydroxyl groups is 1. The van der Waals surface area contributed by atoms with Gasteiger partial charge < -0.3 is 31.5 Å². The summed E-state index contributed by atoms with van der Waals surface area (Å²) in [6.45, 7) is -0.529. The lowest BCUT2D eigenvalue weighted by Gasteiger charge is -2.31. The highest BCUT2D eigenvalue weighted by Gasteiger charge is 2.57. The predicted molar refractivity (Wildman–Crippen MR) is 151 cm³/mol. The van der Waals surface area contributed by atoms with Gasteiger partial charge in [-0.2, -0.15) is 13.2 Å². The zero-order valence-electron chi connectivity index (χ0n) is 23.3. The molecular weight excluding hydrogens is 629 g/mol. The number of hydrogen-bond donors (Lipinski definition) is 5. The fraction of sp³-hybridized carbons (Fsp3) is 0.310. The first-order valence-corrected chi connectivity index (χ1v) is 13.8. The Labute approximate surface area is 257 Å². The van der Waals surface area contributed by atoms with E-state index in [2.05, 4.69) is 15.6 Å². The maximum atomic E-state index is 14.6. The standard InChI is InChI=1S/C29H25ClF5N5O5/c1-27(25(36)42)12-45-23-16(27)10-21(40-22(23)13-2-6-18(31)17(30)8-13)28(44,29(33,34)35)11-37-24(41)14-3-7-19(32)20(9-14)39-26(43)38-15-4-5-15/h2-3,6-10,15,44H,4-5,11-12H2,1H3,(H2,36,42)(H,37,41)(H2,38,39,43)/t27-,28-/m0/s1. The first-order valence-electron chi connectivity index (χ1n) is 13.4. The van der Waals surface area contributed by atoms with E-state index < -0.39 is 64.6 Å². The molecule has 0 unspecified atom stereocenters. The van der Waals surface area contributed by atoms with E-state index in [9.17, 15) is 41.4 Å². The molecule has 1 aliphatic carbocycles. The van der Waals surface area contributed by atoms with Crippen LogP contribution in [0.1, 0.15) is 41.4 Å². The van der Waals surface area contributed by atoms with Gasteiger partial charge in [0.25, 0.3) is 5.91 Å². The highest BCUT2D eigenvalue weighted by molar-refractivity contribution is 6.31. The number of ether oxygens (including phenoxy) is 1. The van der Waals surface area contributed by atoms with Crippen LogP contribution < -0.4 is 26.4 Å². The van der Waals surface area contributed by atoms with Crippen LogP contribution in [0.2, 0.25) is 5.02 Å². The molecule has 0 saturated heterocycles. The second-order valence-electron chi connectivity index (χ2n) is 11.0. The number of nitrogens with one attached hydrogen (secondary N) is 3. The lowest BCUT2D eigenvalue weighted by Crippen LogP contribution is -2.51. The van der Waals surface area contributed by atoms with Gasteiger partial charge in [-0.3, -0.25) is 9.59 Å². The van der Waals surface area contributed by atoms with E-state index in [0.717, 1.165) is 55.3 Å². The number of benzene rings is 2. The zero-order valence-corrected chi connectivity index (χ0v) is 24.1. The molecule has 5 rings (SSSR count). The van der Waals surface area contributed by atoms with Gasteiger partial charge in [0, 0.05) is 22.7 Å². The molecular formula is C29H25ClF5N5O5. The number of fused-ring (bicyclic) bond motifs is 1. The maximum Gasteiger partial charge on any atom is 0.424 e. The molecule has 0 spiro atoms. The number of anilines is 1. The Kier molecular flexibility index (Phi) is 8.12. The number of nitrogens with zero attached hydrogens (tertiary/aromatic N) is 1. The summed E-state index contributed by atoms with van der Waals surface area (Å²) >= 11 is 5.89. The Morgan fingerprint density at radius 1 is 1.11 bits per heavy atom. The van der Waals surface area contributed by atoms with Crippen molar-refractivity contribution in [1.82, 2.24) is 15.6 Å². The largest absolute Gasteiger partial charge is 0.489 e. The van der Waals surface area contributed by atoms with Crippen LogP contribution in [0.5, 0.6) is 5.75 Å². The van der Waals surface area contributed by atoms with Crippen molar-refractivity contribution in [3.05, 3.63) is 75.9 Å². The molecule has 2 aliphatic rings. The van der Waals surface area contributed by atoms with Crippen LogP contribution in [0.25, 0.3) is 11.3 Å². The molecule has 16 heteroatoms. The van der Waals surface area contributed by atoms with Gasteiger partial charge in [0.2, 0.25) is 11.5 Å². The summed E-state index contributed by atoms with van der Waals surface area (Å²) in [6, 6.07) is 5.93. The number of carbonyl (C=O) groups excluding carboxylic acids is 3. The number of carbonyl (C=O) groups is 3. The van der Waals surface area contributed by atoms with Crippen LogP contribution >= 0.6 is 11.6 Å². The lowest BCUT2D eigenvalue weighted by molar-refractivity contribution is -0.265. The van der Waals surface area contributed by atoms with Gasteiger partial charge in [-0.05, 0) is 62.2 Å². The third-order valence-corrected chi connectivity index (χ3v) is 7.89. The fourth-order valence-electron chi connectivity index (χ4n) is 4.62. The van der Waals surface area contributed by atoms with Crippen molar-refractivity contribution < 1.29 is 46.2 Å². The van der Waals surface area contributed by atoms with Gasteiger partial charge in [-0.15, -0.1) is 0 Å². The third-order valence-electron chi connectivity index (χ3n) is 7.60. The minimum Gasteiger partial charge on any atom is -0.489 e. The molecule has 1 saturated carbocycles. The molecule has 0 radical (unpaired) electrons. The third kappa shape index (κ3) is 6.09. The summed E-state index contributed by atoms with van der Waals surface area (Å²) in [5.41, 5.74) is -2.16. The summed E-state index contributed by atoms with van der Waals surface area (Å²) in [6.07, 6.45) is -3.95. The Balaban J connectivity index is 1.51. The van der Waals surface area contributed by atoms with Gasteiger partial charge in [0.05, 0.1) is 22.9 Å². The SMILES string of the molecule is C[C@]1(C(N)=O)COc2c1cc([C@@](O)(CNC(=O)c1ccc(F)c(NC(=O)NC3CC3)c1)C(F)(F)F)nc2-c1ccc(F)c(Cl)c1. The van der Waals surface area contributed by atoms with E-state index in [-0.39, 0.29) is 45.8 Å². The highest BCUT2D eigenvalue weighted by Crippen LogP contribution is 2.48. The fourth-order valence-corrected chi connectivity index (χ4v) is 4.80. The molecule has 1 fully saturated rings. The lowest BCUT2D eigenvalue weighted by atomic mass is 9.81. The van der Waals surface area contributed by atoms with Gasteiger partial charge in [0.15, 0.2) is 0 Å². The second kappa shape index (κ2) is 11.5. The number of amides is 4. The second-order valence-corrected chi connectivity index (χ2v) is 11.4. The minimum atomic E-state index is -5.46. The van der Waals surface area contributed by atoms with E-state index in [1.165, 1.54) is 6.92 Å². The molecule has 2 atom stereocenters. The van der Waals surface area contributed by atoms with Crippen molar-refractivity contribution >= 4 is 35.1 Å². The van der Waals surface area contributed by atoms with Crippen LogP contribution in [-0.4, -0.2) is 53.3 Å². The van der Waals surface area contributed by atoms with Crippen molar-refractivity contribution in [1.29, 1.82) is 0 Å². The van der Waals surface area contributed by atoms with E-state index in [0.29, 0.717) is 0 Å². The van der Waals surface area contributed by atoms with Gasteiger partial charge in [-0.1, -0.05) is 11.6 Å². The van der Waals surface area contributed by atoms with Crippen molar-refractivity contribution in [2.45, 2.75) is 43.0 Å². The summed E-state index contributed by atoms with van der Waals surface area (Å²) in [5.74, 6) is -3.96. The number of hydrogen-bond acceptors (Lipinski definition) is 6. The Hall–Kier alpha value is -4.50. The average Bonchev–Trinajstić information content (AvgIpc) is 3.72. The molecule has 6 N–H and O–H groups in total. The number of primary amides is 1. The molecule has 2 heterocycles. The number of aromatic nitrogens is 1. The topological polar surface area (TPSA) is 156 Å². The van der Waals surface area contributed by atoms with Crippen LogP contribution in [0.4, 0.5) is 32.4 Å². The molecule has 1 aliphatic heterocycles. The number of urea groups is 1. The van der Waals surface area contributed by atoms with Crippen molar-refractivity contribution in [3.63, 3.8) is 0 Å². The Morgan fingerprint density at radius 2 is 1.80 bits per heavy atom. The maximum absolute atomic E-state index is 14.6. The Bertz CT molecular complexity index is 1720. The molecule has 238 valence electrons. The van der Waals surface area contributed by atoms with Gasteiger partial charge in [-0.25, -0.2) is 18.6 Å². The smallest absolute Gasteiger partial charge is 0.424 e. The van der Waals surface area contributed by atoms with Crippen LogP contribution in [0.15, 0.2) is 42.5 Å². The number of rotatable bonds is 8. The zero-order chi connectivity index (χ0) is 32.9. The average molecular weight is 654 g/mol. The molecule has 10 nitrogen and oxygen atoms in total. The summed E-state index contributed by atoms with van der Waals surface area (Å²) in [5, 5.41) is 17.6. The normalized spacial score (nSPS) is 18.8. The van der Waals surface area contributed by atoms with Gasteiger partial charge >= 0.3 is 12.2 Å². The summed E-state index contributed by atoms with van der Waals surface area (Å²) in [7, 11) is 0.